The molecular weight excluding hydrogens is 166 g/mol. The Hall–Kier alpha value is -1.25. The zero-order chi connectivity index (χ0) is 10.4. The Labute approximate surface area is 79.2 Å². The highest BCUT2D eigenvalue weighted by Crippen LogP contribution is 2.05. The maximum absolute atomic E-state index is 10.5. The van der Waals surface area contributed by atoms with Crippen LogP contribution in [0.1, 0.15) is 20.8 Å². The highest BCUT2D eigenvalue weighted by Gasteiger charge is 2.06. The predicted molar refractivity (Wildman–Crippen MR) is 53.4 cm³/mol. The Balaban J connectivity index is 4.41. The molecule has 74 valence electrons. The Morgan fingerprint density at radius 2 is 2.00 bits per heavy atom. The van der Waals surface area contributed by atoms with Gasteiger partial charge >= 0.3 is 5.97 Å². The monoisotopic (exact) mass is 183 g/mol. The molecule has 0 fully saturated rings. The van der Waals surface area contributed by atoms with E-state index in [1.807, 2.05) is 27.0 Å². The van der Waals surface area contributed by atoms with Crippen molar-refractivity contribution in [3.63, 3.8) is 0 Å². The largest absolute Gasteiger partial charge is 0.481 e. The second kappa shape index (κ2) is 5.41. The van der Waals surface area contributed by atoms with Crippen LogP contribution in [0.25, 0.3) is 0 Å². The van der Waals surface area contributed by atoms with Crippen LogP contribution in [0.15, 0.2) is 23.4 Å². The molecule has 3 nitrogen and oxygen atoms in total. The van der Waals surface area contributed by atoms with Crippen LogP contribution in [0.2, 0.25) is 0 Å². The van der Waals surface area contributed by atoms with Gasteiger partial charge in [-0.25, -0.2) is 0 Å². The molecular formula is C10H17NO2. The van der Waals surface area contributed by atoms with Crippen molar-refractivity contribution >= 4 is 5.97 Å². The third-order valence-corrected chi connectivity index (χ3v) is 1.74. The van der Waals surface area contributed by atoms with Gasteiger partial charge in [0.1, 0.15) is 0 Å². The fourth-order valence-electron chi connectivity index (χ4n) is 0.927. The summed E-state index contributed by atoms with van der Waals surface area (Å²) in [6, 6.07) is 0. The van der Waals surface area contributed by atoms with E-state index in [2.05, 4.69) is 5.32 Å². The summed E-state index contributed by atoms with van der Waals surface area (Å²) in [5, 5.41) is 11.6. The summed E-state index contributed by atoms with van der Waals surface area (Å²) in [4.78, 5) is 10.5. The number of allylic oxidation sites excluding steroid dienone is 3. The fourth-order valence-corrected chi connectivity index (χ4v) is 0.927. The third kappa shape index (κ3) is 5.06. The van der Waals surface area contributed by atoms with Gasteiger partial charge < -0.3 is 10.4 Å². The second-order valence-electron chi connectivity index (χ2n) is 3.11. The summed E-state index contributed by atoms with van der Waals surface area (Å²) in [5.41, 5.74) is 1.98. The van der Waals surface area contributed by atoms with Crippen LogP contribution < -0.4 is 5.32 Å². The van der Waals surface area contributed by atoms with Gasteiger partial charge in [-0.05, 0) is 26.8 Å². The first-order valence-corrected chi connectivity index (χ1v) is 4.24. The summed E-state index contributed by atoms with van der Waals surface area (Å²) in [6.07, 6.45) is 3.64. The lowest BCUT2D eigenvalue weighted by atomic mass is 10.1. The standard InChI is InChI=1S/C10H17NO2/c1-7(6-9(3)11-4)5-8(2)10(12)13/h5-6,8,11H,1-4H3,(H,12,13)/b7-5+,9-6+. The molecule has 0 heterocycles. The molecule has 0 amide bonds. The molecule has 0 aliphatic carbocycles. The van der Waals surface area contributed by atoms with Gasteiger partial charge in [-0.15, -0.1) is 0 Å². The first-order chi connectivity index (χ1) is 5.97. The van der Waals surface area contributed by atoms with Gasteiger partial charge in [0.2, 0.25) is 0 Å². The van der Waals surface area contributed by atoms with Crippen LogP contribution in [0.5, 0.6) is 0 Å². The molecule has 0 aromatic heterocycles. The topological polar surface area (TPSA) is 49.3 Å². The van der Waals surface area contributed by atoms with Gasteiger partial charge in [0, 0.05) is 12.7 Å². The Kier molecular flexibility index (Phi) is 4.89. The molecule has 0 saturated heterocycles. The van der Waals surface area contributed by atoms with Gasteiger partial charge in [0.25, 0.3) is 0 Å². The zero-order valence-electron chi connectivity index (χ0n) is 8.59. The first-order valence-electron chi connectivity index (χ1n) is 4.24. The molecule has 3 heteroatoms. The summed E-state index contributed by atoms with van der Waals surface area (Å²) >= 11 is 0. The van der Waals surface area contributed by atoms with Crippen molar-refractivity contribution in [1.82, 2.24) is 5.32 Å². The molecule has 0 radical (unpaired) electrons. The quantitative estimate of drug-likeness (QED) is 0.653. The number of rotatable bonds is 4. The van der Waals surface area contributed by atoms with Gasteiger partial charge in [-0.2, -0.15) is 0 Å². The maximum atomic E-state index is 10.5. The summed E-state index contributed by atoms with van der Waals surface area (Å²) in [7, 11) is 1.83. The molecule has 0 aromatic carbocycles. The molecule has 13 heavy (non-hydrogen) atoms. The van der Waals surface area contributed by atoms with Gasteiger partial charge in [0.05, 0.1) is 5.92 Å². The highest BCUT2D eigenvalue weighted by atomic mass is 16.4. The van der Waals surface area contributed by atoms with Crippen molar-refractivity contribution in [2.45, 2.75) is 20.8 Å². The summed E-state index contributed by atoms with van der Waals surface area (Å²) in [6.45, 7) is 5.48. The number of aliphatic carboxylic acids is 1. The third-order valence-electron chi connectivity index (χ3n) is 1.74. The van der Waals surface area contributed by atoms with Crippen molar-refractivity contribution in [2.75, 3.05) is 7.05 Å². The van der Waals surface area contributed by atoms with Crippen LogP contribution in [-0.4, -0.2) is 18.1 Å². The number of nitrogens with one attached hydrogen (secondary N) is 1. The Morgan fingerprint density at radius 3 is 2.38 bits per heavy atom. The van der Waals surface area contributed by atoms with Crippen LogP contribution in [0, 0.1) is 5.92 Å². The van der Waals surface area contributed by atoms with Gasteiger partial charge in [-0.3, -0.25) is 4.79 Å². The van der Waals surface area contributed by atoms with E-state index in [0.717, 1.165) is 11.3 Å². The molecule has 2 N–H and O–H groups in total. The van der Waals surface area contributed by atoms with Gasteiger partial charge in [-0.1, -0.05) is 11.6 Å². The molecule has 0 bridgehead atoms. The van der Waals surface area contributed by atoms with Crippen molar-refractivity contribution in [2.24, 2.45) is 5.92 Å². The number of carbonyl (C=O) groups is 1. The second-order valence-corrected chi connectivity index (χ2v) is 3.11. The Morgan fingerprint density at radius 1 is 1.46 bits per heavy atom. The highest BCUT2D eigenvalue weighted by molar-refractivity contribution is 5.71. The molecule has 0 saturated carbocycles. The van der Waals surface area contributed by atoms with E-state index < -0.39 is 11.9 Å². The van der Waals surface area contributed by atoms with Crippen molar-refractivity contribution in [3.05, 3.63) is 23.4 Å². The van der Waals surface area contributed by atoms with Crippen LogP contribution in [-0.2, 0) is 4.79 Å². The van der Waals surface area contributed by atoms with E-state index in [1.165, 1.54) is 0 Å². The minimum atomic E-state index is -0.796. The van der Waals surface area contributed by atoms with E-state index in [4.69, 9.17) is 5.11 Å². The zero-order valence-corrected chi connectivity index (χ0v) is 8.59. The average molecular weight is 183 g/mol. The van der Waals surface area contributed by atoms with Crippen molar-refractivity contribution in [3.8, 4) is 0 Å². The van der Waals surface area contributed by atoms with Gasteiger partial charge in [0.15, 0.2) is 0 Å². The van der Waals surface area contributed by atoms with E-state index in [9.17, 15) is 4.79 Å². The Bertz CT molecular complexity index is 241. The molecule has 0 spiro atoms. The SMILES string of the molecule is CN/C(C)=C/C(C)=C/C(C)C(=O)O. The molecule has 1 atom stereocenters. The molecule has 0 aliphatic heterocycles. The van der Waals surface area contributed by atoms with Crippen LogP contribution in [0.4, 0.5) is 0 Å². The minimum absolute atomic E-state index is 0.430. The lowest BCUT2D eigenvalue weighted by Crippen LogP contribution is -2.07. The van der Waals surface area contributed by atoms with E-state index in [0.29, 0.717) is 0 Å². The number of hydrogen-bond acceptors (Lipinski definition) is 2. The summed E-state index contributed by atoms with van der Waals surface area (Å²) < 4.78 is 0. The predicted octanol–water partition coefficient (Wildman–Crippen LogP) is 1.78. The molecule has 0 aliphatic rings. The molecule has 0 aromatic rings. The molecule has 1 unspecified atom stereocenters. The van der Waals surface area contributed by atoms with E-state index >= 15 is 0 Å². The number of carboxylic acids is 1. The average Bonchev–Trinajstić information content (AvgIpc) is 2.03. The molecule has 0 rings (SSSR count). The van der Waals surface area contributed by atoms with Crippen molar-refractivity contribution < 1.29 is 9.90 Å². The van der Waals surface area contributed by atoms with Crippen LogP contribution in [0.3, 0.4) is 0 Å². The van der Waals surface area contributed by atoms with Crippen molar-refractivity contribution in [1.29, 1.82) is 0 Å². The van der Waals surface area contributed by atoms with Crippen LogP contribution >= 0.6 is 0 Å². The summed E-state index contributed by atoms with van der Waals surface area (Å²) in [5.74, 6) is -1.23. The number of hydrogen-bond donors (Lipinski definition) is 2. The van der Waals surface area contributed by atoms with E-state index in [1.54, 1.807) is 13.0 Å². The maximum Gasteiger partial charge on any atom is 0.310 e. The number of carboxylic acid groups (broad SMARTS) is 1. The lowest BCUT2D eigenvalue weighted by molar-refractivity contribution is -0.139. The lowest BCUT2D eigenvalue weighted by Gasteiger charge is -2.02. The normalized spacial score (nSPS) is 15.4. The van der Waals surface area contributed by atoms with E-state index in [-0.39, 0.29) is 0 Å². The minimum Gasteiger partial charge on any atom is -0.481 e. The first kappa shape index (κ1) is 11.8. The smallest absolute Gasteiger partial charge is 0.310 e. The fraction of sp³-hybridized carbons (Fsp3) is 0.500.